The van der Waals surface area contributed by atoms with E-state index >= 15 is 0 Å². The Morgan fingerprint density at radius 1 is 1.06 bits per heavy atom. The molecule has 0 aromatic heterocycles. The topological polar surface area (TPSA) is 86.8 Å². The first kappa shape index (κ1) is 25.9. The number of benzene rings is 2. The zero-order valence-corrected chi connectivity index (χ0v) is 21.4. The fraction of sp³-hybridized carbons (Fsp3) is 0.391. The van der Waals surface area contributed by atoms with Crippen LogP contribution in [0.15, 0.2) is 53.0 Å². The fourth-order valence-corrected chi connectivity index (χ4v) is 4.56. The van der Waals surface area contributed by atoms with Gasteiger partial charge in [0.15, 0.2) is 0 Å². The Hall–Kier alpha value is -2.39. The van der Waals surface area contributed by atoms with Gasteiger partial charge in [0.2, 0.25) is 21.8 Å². The third kappa shape index (κ3) is 6.80. The number of hydrogen-bond acceptors (Lipinski definition) is 4. The number of amides is 2. The van der Waals surface area contributed by atoms with E-state index < -0.39 is 28.5 Å². The van der Waals surface area contributed by atoms with Gasteiger partial charge in [0.25, 0.3) is 0 Å². The molecule has 0 aliphatic heterocycles. The maximum absolute atomic E-state index is 13.3. The van der Waals surface area contributed by atoms with E-state index in [4.69, 9.17) is 0 Å². The summed E-state index contributed by atoms with van der Waals surface area (Å²) < 4.78 is 27.0. The second-order valence-corrected chi connectivity index (χ2v) is 10.8. The quantitative estimate of drug-likeness (QED) is 0.544. The summed E-state index contributed by atoms with van der Waals surface area (Å²) in [5, 5.41) is 2.56. The molecule has 2 amide bonds. The van der Waals surface area contributed by atoms with Gasteiger partial charge < -0.3 is 10.2 Å². The summed E-state index contributed by atoms with van der Waals surface area (Å²) in [7, 11) is -2.23. The van der Waals surface area contributed by atoms with E-state index in [2.05, 4.69) is 21.2 Å². The summed E-state index contributed by atoms with van der Waals surface area (Å²) in [4.78, 5) is 27.0. The van der Waals surface area contributed by atoms with Gasteiger partial charge in [-0.25, -0.2) is 8.42 Å². The van der Waals surface area contributed by atoms with Crippen molar-refractivity contribution in [1.82, 2.24) is 10.2 Å². The average molecular weight is 524 g/mol. The van der Waals surface area contributed by atoms with Gasteiger partial charge in [0.05, 0.1) is 11.9 Å². The Balaban J connectivity index is 2.37. The summed E-state index contributed by atoms with van der Waals surface area (Å²) in [6.07, 6.45) is 1.07. The van der Waals surface area contributed by atoms with E-state index in [0.29, 0.717) is 11.6 Å². The van der Waals surface area contributed by atoms with Crippen molar-refractivity contribution >= 4 is 43.5 Å². The standard InChI is InChI=1S/C23H30BrN3O4S/c1-16(2)19-9-11-21(12-10-19)27(32(5,30)31)15-22(28)26(17(3)23(29)25-4)14-18-7-6-8-20(24)13-18/h6-13,16-17H,14-15H2,1-5H3,(H,25,29)/t17-/m0/s1. The first-order chi connectivity index (χ1) is 14.9. The molecular weight excluding hydrogens is 494 g/mol. The molecule has 0 spiro atoms. The normalized spacial score (nSPS) is 12.3. The smallest absolute Gasteiger partial charge is 0.244 e. The van der Waals surface area contributed by atoms with Crippen molar-refractivity contribution in [3.05, 3.63) is 64.1 Å². The highest BCUT2D eigenvalue weighted by Gasteiger charge is 2.29. The van der Waals surface area contributed by atoms with Crippen LogP contribution in [-0.2, 0) is 26.2 Å². The number of sulfonamides is 1. The molecule has 0 bridgehead atoms. The minimum absolute atomic E-state index is 0.163. The Morgan fingerprint density at radius 2 is 1.69 bits per heavy atom. The summed E-state index contributed by atoms with van der Waals surface area (Å²) in [6, 6.07) is 13.7. The van der Waals surface area contributed by atoms with Gasteiger partial charge in [-0.3, -0.25) is 13.9 Å². The molecule has 1 atom stereocenters. The lowest BCUT2D eigenvalue weighted by Gasteiger charge is -2.31. The number of likely N-dealkylation sites (N-methyl/N-ethyl adjacent to an activating group) is 1. The van der Waals surface area contributed by atoms with Crippen molar-refractivity contribution in [2.75, 3.05) is 24.2 Å². The number of hydrogen-bond donors (Lipinski definition) is 1. The van der Waals surface area contributed by atoms with Crippen molar-refractivity contribution in [2.45, 2.75) is 39.3 Å². The van der Waals surface area contributed by atoms with Gasteiger partial charge >= 0.3 is 0 Å². The molecule has 0 aliphatic rings. The second kappa shape index (κ2) is 11.0. The molecule has 0 heterocycles. The predicted octanol–water partition coefficient (Wildman–Crippen LogP) is 3.50. The van der Waals surface area contributed by atoms with E-state index in [1.807, 2.05) is 50.2 Å². The largest absolute Gasteiger partial charge is 0.357 e. The van der Waals surface area contributed by atoms with Gasteiger partial charge in [-0.2, -0.15) is 0 Å². The summed E-state index contributed by atoms with van der Waals surface area (Å²) >= 11 is 3.41. The van der Waals surface area contributed by atoms with Crippen LogP contribution in [0.3, 0.4) is 0 Å². The SMILES string of the molecule is CNC(=O)[C@H](C)N(Cc1cccc(Br)c1)C(=O)CN(c1ccc(C(C)C)cc1)S(C)(=O)=O. The molecule has 0 radical (unpaired) electrons. The third-order valence-corrected chi connectivity index (χ3v) is 6.82. The lowest BCUT2D eigenvalue weighted by Crippen LogP contribution is -2.50. The first-order valence-electron chi connectivity index (χ1n) is 10.3. The van der Waals surface area contributed by atoms with Gasteiger partial charge in [0, 0.05) is 18.1 Å². The molecule has 0 saturated carbocycles. The molecule has 2 aromatic carbocycles. The Morgan fingerprint density at radius 3 is 2.19 bits per heavy atom. The predicted molar refractivity (Wildman–Crippen MR) is 131 cm³/mol. The number of halogens is 1. The van der Waals surface area contributed by atoms with E-state index in [1.165, 1.54) is 11.9 Å². The van der Waals surface area contributed by atoms with Crippen LogP contribution in [-0.4, -0.2) is 51.0 Å². The molecule has 7 nitrogen and oxygen atoms in total. The maximum atomic E-state index is 13.3. The molecule has 32 heavy (non-hydrogen) atoms. The number of anilines is 1. The summed E-state index contributed by atoms with van der Waals surface area (Å²) in [5.41, 5.74) is 2.29. The molecule has 0 unspecified atom stereocenters. The summed E-state index contributed by atoms with van der Waals surface area (Å²) in [5.74, 6) is -0.508. The molecule has 174 valence electrons. The average Bonchev–Trinajstić information content (AvgIpc) is 2.74. The van der Waals surface area contributed by atoms with Crippen LogP contribution < -0.4 is 9.62 Å². The van der Waals surface area contributed by atoms with Crippen molar-refractivity contribution < 1.29 is 18.0 Å². The molecule has 0 fully saturated rings. The molecule has 1 N–H and O–H groups in total. The minimum Gasteiger partial charge on any atom is -0.357 e. The van der Waals surface area contributed by atoms with Crippen LogP contribution in [0, 0.1) is 0 Å². The fourth-order valence-electron chi connectivity index (χ4n) is 3.26. The number of carbonyl (C=O) groups excluding carboxylic acids is 2. The highest BCUT2D eigenvalue weighted by molar-refractivity contribution is 9.10. The highest BCUT2D eigenvalue weighted by Crippen LogP contribution is 2.23. The zero-order valence-electron chi connectivity index (χ0n) is 19.0. The van der Waals surface area contributed by atoms with Gasteiger partial charge in [-0.05, 0) is 48.2 Å². The van der Waals surface area contributed by atoms with Crippen molar-refractivity contribution in [3.63, 3.8) is 0 Å². The number of nitrogens with one attached hydrogen (secondary N) is 1. The van der Waals surface area contributed by atoms with Crippen LogP contribution in [0.5, 0.6) is 0 Å². The van der Waals surface area contributed by atoms with Crippen LogP contribution in [0.1, 0.15) is 37.8 Å². The number of carbonyl (C=O) groups is 2. The molecule has 2 aromatic rings. The van der Waals surface area contributed by atoms with Gasteiger partial charge in [-0.15, -0.1) is 0 Å². The van der Waals surface area contributed by atoms with Crippen molar-refractivity contribution in [3.8, 4) is 0 Å². The molecule has 0 aliphatic carbocycles. The number of rotatable bonds is 9. The molecule has 2 rings (SSSR count). The second-order valence-electron chi connectivity index (χ2n) is 7.96. The molecular formula is C23H30BrN3O4S. The lowest BCUT2D eigenvalue weighted by atomic mass is 10.0. The van der Waals surface area contributed by atoms with Crippen molar-refractivity contribution in [2.24, 2.45) is 0 Å². The van der Waals surface area contributed by atoms with Gasteiger partial charge in [0.1, 0.15) is 12.6 Å². The van der Waals surface area contributed by atoms with Crippen LogP contribution in [0.25, 0.3) is 0 Å². The van der Waals surface area contributed by atoms with Crippen LogP contribution in [0.2, 0.25) is 0 Å². The summed E-state index contributed by atoms with van der Waals surface area (Å²) in [6.45, 7) is 5.47. The van der Waals surface area contributed by atoms with Gasteiger partial charge in [-0.1, -0.05) is 54.0 Å². The van der Waals surface area contributed by atoms with E-state index in [9.17, 15) is 18.0 Å². The lowest BCUT2D eigenvalue weighted by molar-refractivity contribution is -0.139. The Kier molecular flexibility index (Phi) is 8.86. The minimum atomic E-state index is -3.73. The molecule has 9 heteroatoms. The van der Waals surface area contributed by atoms with E-state index in [1.54, 1.807) is 19.1 Å². The third-order valence-electron chi connectivity index (χ3n) is 5.18. The molecule has 0 saturated heterocycles. The van der Waals surface area contributed by atoms with Crippen molar-refractivity contribution in [1.29, 1.82) is 0 Å². The highest BCUT2D eigenvalue weighted by atomic mass is 79.9. The number of nitrogens with zero attached hydrogens (tertiary/aromatic N) is 2. The van der Waals surface area contributed by atoms with E-state index in [0.717, 1.165) is 26.2 Å². The van der Waals surface area contributed by atoms with E-state index in [-0.39, 0.29) is 12.5 Å². The van der Waals surface area contributed by atoms with Crippen LogP contribution >= 0.6 is 15.9 Å². The Bertz CT molecular complexity index is 1060. The van der Waals surface area contributed by atoms with Crippen LogP contribution in [0.4, 0.5) is 5.69 Å². The monoisotopic (exact) mass is 523 g/mol. The Labute approximate surface area is 199 Å². The zero-order chi connectivity index (χ0) is 24.1. The first-order valence-corrected chi connectivity index (χ1v) is 12.9. The maximum Gasteiger partial charge on any atom is 0.244 e.